The Kier molecular flexibility index (Phi) is 4.19. The Morgan fingerprint density at radius 1 is 1.32 bits per heavy atom. The second-order valence-electron chi connectivity index (χ2n) is 7.81. The predicted molar refractivity (Wildman–Crippen MR) is 110 cm³/mol. The van der Waals surface area contributed by atoms with Crippen molar-refractivity contribution in [2.24, 2.45) is 11.8 Å². The highest BCUT2D eigenvalue weighted by molar-refractivity contribution is 7.09. The van der Waals surface area contributed by atoms with Crippen molar-refractivity contribution >= 4 is 39.4 Å². The Morgan fingerprint density at radius 3 is 2.82 bits per heavy atom. The van der Waals surface area contributed by atoms with Gasteiger partial charge in [0, 0.05) is 61.2 Å². The number of likely N-dealkylation sites (tertiary alicyclic amines) is 1. The lowest BCUT2D eigenvalue weighted by Gasteiger charge is -2.29. The van der Waals surface area contributed by atoms with Crippen LogP contribution < -0.4 is 10.2 Å². The van der Waals surface area contributed by atoms with Gasteiger partial charge in [-0.25, -0.2) is 14.8 Å². The number of pyridine rings is 1. The molecule has 1 aliphatic heterocycles. The number of hydrogen-bond acceptors (Lipinski definition) is 6. The number of rotatable bonds is 3. The van der Waals surface area contributed by atoms with Crippen molar-refractivity contribution in [1.82, 2.24) is 24.2 Å². The zero-order valence-corrected chi connectivity index (χ0v) is 16.7. The van der Waals surface area contributed by atoms with Gasteiger partial charge in [-0.05, 0) is 43.7 Å². The van der Waals surface area contributed by atoms with Crippen molar-refractivity contribution in [2.45, 2.75) is 25.8 Å². The fraction of sp³-hybridized carbons (Fsp3) is 0.474. The number of carbonyl (C=O) groups excluding carboxylic acids is 1. The van der Waals surface area contributed by atoms with Gasteiger partial charge in [-0.1, -0.05) is 0 Å². The number of anilines is 2. The van der Waals surface area contributed by atoms with Gasteiger partial charge < -0.3 is 14.8 Å². The Morgan fingerprint density at radius 2 is 2.11 bits per heavy atom. The summed E-state index contributed by atoms with van der Waals surface area (Å²) in [6.07, 6.45) is 6.02. The summed E-state index contributed by atoms with van der Waals surface area (Å²) < 4.78 is 4.11. The lowest BCUT2D eigenvalue weighted by Crippen LogP contribution is -2.36. The molecule has 4 heterocycles. The number of H-pyrrole nitrogens is 1. The first-order chi connectivity index (χ1) is 13.6. The minimum atomic E-state index is -0.0568. The molecule has 0 bridgehead atoms. The number of urea groups is 1. The van der Waals surface area contributed by atoms with Crippen LogP contribution in [-0.2, 0) is 0 Å². The van der Waals surface area contributed by atoms with Crippen molar-refractivity contribution in [3.05, 3.63) is 30.4 Å². The Hall–Kier alpha value is -2.68. The van der Waals surface area contributed by atoms with Crippen LogP contribution in [0.1, 0.15) is 18.7 Å². The smallest absolute Gasteiger partial charge is 0.323 e. The van der Waals surface area contributed by atoms with E-state index in [1.807, 2.05) is 24.2 Å². The highest BCUT2D eigenvalue weighted by Crippen LogP contribution is 2.41. The minimum Gasteiger partial charge on any atom is -0.371 e. The molecule has 0 aromatic carbocycles. The molecule has 0 spiro atoms. The molecule has 5 rings (SSSR count). The van der Waals surface area contributed by atoms with Crippen molar-refractivity contribution in [2.75, 3.05) is 30.4 Å². The molecule has 9 heteroatoms. The SMILES string of the molecule is Cc1nsc(NC(=O)N2CC3CC(N(C)c4ccnc5[nH]ccc45)C[C@H]3C2)n1. The second-order valence-corrected chi connectivity index (χ2v) is 8.56. The number of fused-ring (bicyclic) bond motifs is 2. The lowest BCUT2D eigenvalue weighted by molar-refractivity contribution is 0.218. The van der Waals surface area contributed by atoms with Crippen LogP contribution in [0.25, 0.3) is 11.0 Å². The number of nitrogens with one attached hydrogen (secondary N) is 2. The van der Waals surface area contributed by atoms with Gasteiger partial charge in [0.2, 0.25) is 5.13 Å². The van der Waals surface area contributed by atoms with Crippen LogP contribution in [0.2, 0.25) is 0 Å². The summed E-state index contributed by atoms with van der Waals surface area (Å²) in [6, 6.07) is 4.62. The van der Waals surface area contributed by atoms with Gasteiger partial charge >= 0.3 is 6.03 Å². The molecule has 3 atom stereocenters. The summed E-state index contributed by atoms with van der Waals surface area (Å²) in [6.45, 7) is 3.45. The number of aromatic nitrogens is 4. The first-order valence-electron chi connectivity index (χ1n) is 9.59. The van der Waals surface area contributed by atoms with E-state index in [2.05, 4.69) is 48.7 Å². The van der Waals surface area contributed by atoms with E-state index < -0.39 is 0 Å². The molecule has 2 aliphatic rings. The minimum absolute atomic E-state index is 0.0568. The third-order valence-corrected chi connectivity index (χ3v) is 6.84. The number of aromatic amines is 1. The Bertz CT molecular complexity index is 1000. The largest absolute Gasteiger partial charge is 0.371 e. The van der Waals surface area contributed by atoms with Crippen LogP contribution in [0, 0.1) is 18.8 Å². The average Bonchev–Trinajstić information content (AvgIpc) is 3.43. The van der Waals surface area contributed by atoms with E-state index >= 15 is 0 Å². The molecule has 2 unspecified atom stereocenters. The molecule has 146 valence electrons. The molecule has 28 heavy (non-hydrogen) atoms. The van der Waals surface area contributed by atoms with Crippen LogP contribution in [0.3, 0.4) is 0 Å². The first-order valence-corrected chi connectivity index (χ1v) is 10.4. The maximum atomic E-state index is 12.5. The number of aryl methyl sites for hydroxylation is 1. The van der Waals surface area contributed by atoms with Crippen molar-refractivity contribution < 1.29 is 4.79 Å². The van der Waals surface area contributed by atoms with Crippen LogP contribution in [0.15, 0.2) is 24.5 Å². The van der Waals surface area contributed by atoms with E-state index in [0.717, 1.165) is 37.0 Å². The molecule has 1 saturated heterocycles. The molecule has 2 fully saturated rings. The topological polar surface area (TPSA) is 90.0 Å². The highest BCUT2D eigenvalue weighted by atomic mass is 32.1. The van der Waals surface area contributed by atoms with Crippen molar-refractivity contribution in [3.8, 4) is 0 Å². The Labute approximate surface area is 167 Å². The van der Waals surface area contributed by atoms with Crippen molar-refractivity contribution in [3.63, 3.8) is 0 Å². The van der Waals surface area contributed by atoms with E-state index in [1.165, 1.54) is 17.2 Å². The summed E-state index contributed by atoms with van der Waals surface area (Å²) in [4.78, 5) is 28.7. The molecule has 1 aliphatic carbocycles. The van der Waals surface area contributed by atoms with Crippen molar-refractivity contribution in [1.29, 1.82) is 0 Å². The number of nitrogens with zero attached hydrogens (tertiary/aromatic N) is 5. The molecule has 3 aromatic heterocycles. The molecule has 2 amide bonds. The standard InChI is InChI=1S/C19H23N7OS/c1-11-22-18(28-24-11)23-19(27)26-9-12-7-14(8-13(12)10-26)25(2)16-4-6-21-17-15(16)3-5-20-17/h3-6,12-14H,7-10H2,1-2H3,(H,20,21)(H,22,23,24,27)/t12-,13?,14?/m0/s1. The molecule has 2 N–H and O–H groups in total. The van der Waals surface area contributed by atoms with E-state index in [-0.39, 0.29) is 6.03 Å². The van der Waals surface area contributed by atoms with Crippen LogP contribution in [0.4, 0.5) is 15.6 Å². The maximum Gasteiger partial charge on any atom is 0.323 e. The summed E-state index contributed by atoms with van der Waals surface area (Å²) in [7, 11) is 2.18. The normalized spacial score (nSPS) is 23.9. The summed E-state index contributed by atoms with van der Waals surface area (Å²) in [5.74, 6) is 1.80. The lowest BCUT2D eigenvalue weighted by atomic mass is 10.0. The number of carbonyl (C=O) groups is 1. The fourth-order valence-electron chi connectivity index (χ4n) is 4.72. The fourth-order valence-corrected chi connectivity index (χ4v) is 5.28. The van der Waals surface area contributed by atoms with Crippen LogP contribution in [-0.4, -0.2) is 56.4 Å². The number of hydrogen-bond donors (Lipinski definition) is 2. The van der Waals surface area contributed by atoms with E-state index in [0.29, 0.717) is 28.8 Å². The van der Waals surface area contributed by atoms with Gasteiger partial charge in [-0.15, -0.1) is 0 Å². The summed E-state index contributed by atoms with van der Waals surface area (Å²) >= 11 is 1.23. The van der Waals surface area contributed by atoms with Gasteiger partial charge in [-0.2, -0.15) is 4.37 Å². The van der Waals surface area contributed by atoms with Gasteiger partial charge in [0.25, 0.3) is 0 Å². The van der Waals surface area contributed by atoms with E-state index in [9.17, 15) is 4.79 Å². The molecular weight excluding hydrogens is 374 g/mol. The number of amides is 2. The van der Waals surface area contributed by atoms with Crippen LogP contribution in [0.5, 0.6) is 0 Å². The zero-order valence-electron chi connectivity index (χ0n) is 15.9. The molecule has 0 radical (unpaired) electrons. The van der Waals surface area contributed by atoms with Gasteiger partial charge in [0.05, 0.1) is 0 Å². The van der Waals surface area contributed by atoms with E-state index in [4.69, 9.17) is 0 Å². The van der Waals surface area contributed by atoms with E-state index in [1.54, 1.807) is 0 Å². The van der Waals surface area contributed by atoms with Crippen LogP contribution >= 0.6 is 11.5 Å². The maximum absolute atomic E-state index is 12.5. The summed E-state index contributed by atoms with van der Waals surface area (Å²) in [5, 5.41) is 4.62. The predicted octanol–water partition coefficient (Wildman–Crippen LogP) is 3.10. The third-order valence-electron chi connectivity index (χ3n) is 6.12. The molecular formula is C19H23N7OS. The first kappa shape index (κ1) is 17.4. The molecule has 8 nitrogen and oxygen atoms in total. The Balaban J connectivity index is 1.23. The zero-order chi connectivity index (χ0) is 19.3. The summed E-state index contributed by atoms with van der Waals surface area (Å²) in [5.41, 5.74) is 2.15. The quantitative estimate of drug-likeness (QED) is 0.709. The van der Waals surface area contributed by atoms with Gasteiger partial charge in [0.1, 0.15) is 11.5 Å². The highest BCUT2D eigenvalue weighted by Gasteiger charge is 2.43. The monoisotopic (exact) mass is 397 g/mol. The average molecular weight is 398 g/mol. The van der Waals surface area contributed by atoms with Gasteiger partial charge in [-0.3, -0.25) is 5.32 Å². The second kappa shape index (κ2) is 6.73. The van der Waals surface area contributed by atoms with Gasteiger partial charge in [0.15, 0.2) is 0 Å². The third kappa shape index (κ3) is 2.99. The molecule has 1 saturated carbocycles. The molecule has 3 aromatic rings.